The van der Waals surface area contributed by atoms with Crippen LogP contribution in [0.3, 0.4) is 0 Å². The molecule has 3 aliphatic carbocycles. The first-order valence-electron chi connectivity index (χ1n) is 10.9. The van der Waals surface area contributed by atoms with Gasteiger partial charge in [0, 0.05) is 0 Å². The minimum Gasteiger partial charge on any atom is -0.466 e. The third-order valence-corrected chi connectivity index (χ3v) is 7.97. The number of carbonyl (C=O) groups excluding carboxylic acids is 1. The van der Waals surface area contributed by atoms with Gasteiger partial charge in [-0.25, -0.2) is 0 Å². The molecule has 0 N–H and O–H groups in total. The highest BCUT2D eigenvalue weighted by Gasteiger charge is 2.57. The predicted octanol–water partition coefficient (Wildman–Crippen LogP) is 6.46. The number of allylic oxidation sites excluding steroid dienone is 4. The Kier molecular flexibility index (Phi) is 5.05. The largest absolute Gasteiger partial charge is 0.466 e. The Hall–Kier alpha value is -1.77. The van der Waals surface area contributed by atoms with Crippen LogP contribution >= 0.6 is 0 Å². The van der Waals surface area contributed by atoms with Crippen LogP contribution in [0.4, 0.5) is 0 Å². The van der Waals surface area contributed by atoms with Gasteiger partial charge in [-0.3, -0.25) is 4.79 Å². The molecule has 4 rings (SSSR count). The second-order valence-corrected chi connectivity index (χ2v) is 9.89. The zero-order valence-corrected chi connectivity index (χ0v) is 17.8. The third-order valence-electron chi connectivity index (χ3n) is 7.97. The number of ether oxygens (including phenoxy) is 1. The molecule has 0 bridgehead atoms. The number of fused-ring (bicyclic) bond motifs is 3. The van der Waals surface area contributed by atoms with E-state index >= 15 is 0 Å². The molecule has 4 atom stereocenters. The lowest BCUT2D eigenvalue weighted by Crippen LogP contribution is -2.53. The van der Waals surface area contributed by atoms with E-state index in [0.717, 1.165) is 19.3 Å². The Morgan fingerprint density at radius 2 is 2.14 bits per heavy atom. The molecule has 0 aromatic carbocycles. The summed E-state index contributed by atoms with van der Waals surface area (Å²) in [6.45, 7) is 9.42. The van der Waals surface area contributed by atoms with Gasteiger partial charge in [0.15, 0.2) is 0 Å². The molecule has 3 nitrogen and oxygen atoms in total. The molecule has 1 heterocycles. The molecule has 4 unspecified atom stereocenters. The van der Waals surface area contributed by atoms with E-state index in [9.17, 15) is 4.79 Å². The van der Waals surface area contributed by atoms with Gasteiger partial charge in [0.05, 0.1) is 11.7 Å². The summed E-state index contributed by atoms with van der Waals surface area (Å²) in [5, 5.41) is 0. The van der Waals surface area contributed by atoms with Crippen LogP contribution in [0.1, 0.15) is 72.0 Å². The van der Waals surface area contributed by atoms with Crippen LogP contribution < -0.4 is 0 Å². The maximum atomic E-state index is 13.2. The molecule has 3 aliphatic rings. The summed E-state index contributed by atoms with van der Waals surface area (Å²) in [5.74, 6) is 2.21. The molecule has 1 aromatic heterocycles. The Balaban J connectivity index is 1.58. The van der Waals surface area contributed by atoms with Crippen molar-refractivity contribution in [3.8, 4) is 0 Å². The van der Waals surface area contributed by atoms with Crippen LogP contribution in [0.15, 0.2) is 46.1 Å². The molecule has 152 valence electrons. The Bertz CT molecular complexity index is 785. The summed E-state index contributed by atoms with van der Waals surface area (Å²) in [5.41, 5.74) is 2.88. The fraction of sp³-hybridized carbons (Fsp3) is 0.640. The third kappa shape index (κ3) is 3.17. The van der Waals surface area contributed by atoms with Gasteiger partial charge in [-0.2, -0.15) is 0 Å². The van der Waals surface area contributed by atoms with Crippen molar-refractivity contribution in [2.24, 2.45) is 28.6 Å². The standard InChI is InChI=1S/C25H34O3/c1-17(2)18-8-10-21-19(15-18)9-11-22-24(21,3)12-6-13-25(22,4)23(26)28-16-20-7-5-14-27-20/h5,7,9,14-15,17,21-22H,6,8,10-13,16H2,1-4H3. The second kappa shape index (κ2) is 7.24. The highest BCUT2D eigenvalue weighted by atomic mass is 16.5. The minimum absolute atomic E-state index is 0.0501. The summed E-state index contributed by atoms with van der Waals surface area (Å²) in [7, 11) is 0. The summed E-state index contributed by atoms with van der Waals surface area (Å²) < 4.78 is 11.1. The number of hydrogen-bond acceptors (Lipinski definition) is 3. The fourth-order valence-corrected chi connectivity index (χ4v) is 6.29. The molecule has 0 radical (unpaired) electrons. The van der Waals surface area contributed by atoms with Gasteiger partial charge in [-0.05, 0) is 79.9 Å². The first kappa shape index (κ1) is 19.5. The Morgan fingerprint density at radius 1 is 1.32 bits per heavy atom. The first-order chi connectivity index (χ1) is 13.3. The van der Waals surface area contributed by atoms with Gasteiger partial charge in [0.25, 0.3) is 0 Å². The van der Waals surface area contributed by atoms with Gasteiger partial charge in [0.2, 0.25) is 0 Å². The highest BCUT2D eigenvalue weighted by molar-refractivity contribution is 5.77. The number of esters is 1. The maximum absolute atomic E-state index is 13.2. The van der Waals surface area contributed by atoms with E-state index in [1.165, 1.54) is 24.8 Å². The highest BCUT2D eigenvalue weighted by Crippen LogP contribution is 2.62. The van der Waals surface area contributed by atoms with Crippen molar-refractivity contribution in [3.05, 3.63) is 47.5 Å². The summed E-state index contributed by atoms with van der Waals surface area (Å²) >= 11 is 0. The lowest BCUT2D eigenvalue weighted by molar-refractivity contribution is -0.171. The fourth-order valence-electron chi connectivity index (χ4n) is 6.29. The molecule has 0 amide bonds. The normalized spacial score (nSPS) is 34.9. The van der Waals surface area contributed by atoms with Gasteiger partial charge in [-0.15, -0.1) is 0 Å². The molecule has 1 fully saturated rings. The molecule has 0 aliphatic heterocycles. The monoisotopic (exact) mass is 382 g/mol. The van der Waals surface area contributed by atoms with Crippen molar-refractivity contribution >= 4 is 5.97 Å². The van der Waals surface area contributed by atoms with Crippen molar-refractivity contribution in [2.75, 3.05) is 0 Å². The molecule has 1 aromatic rings. The van der Waals surface area contributed by atoms with Crippen LogP contribution in [-0.2, 0) is 16.1 Å². The van der Waals surface area contributed by atoms with Crippen LogP contribution in [0.2, 0.25) is 0 Å². The van der Waals surface area contributed by atoms with E-state index in [0.29, 0.717) is 23.5 Å². The van der Waals surface area contributed by atoms with Crippen molar-refractivity contribution < 1.29 is 13.9 Å². The average Bonchev–Trinajstić information content (AvgIpc) is 3.19. The first-order valence-corrected chi connectivity index (χ1v) is 10.9. The zero-order chi connectivity index (χ0) is 19.9. The van der Waals surface area contributed by atoms with Crippen molar-refractivity contribution in [3.63, 3.8) is 0 Å². The lowest BCUT2D eigenvalue weighted by Gasteiger charge is -2.57. The van der Waals surface area contributed by atoms with E-state index in [-0.39, 0.29) is 18.0 Å². The summed E-state index contributed by atoms with van der Waals surface area (Å²) in [4.78, 5) is 13.2. The molecule has 28 heavy (non-hydrogen) atoms. The number of carbonyl (C=O) groups is 1. The Labute approximate surface area is 169 Å². The van der Waals surface area contributed by atoms with Crippen LogP contribution in [-0.4, -0.2) is 5.97 Å². The van der Waals surface area contributed by atoms with Crippen LogP contribution in [0, 0.1) is 28.6 Å². The minimum atomic E-state index is -0.413. The van der Waals surface area contributed by atoms with E-state index < -0.39 is 5.41 Å². The topological polar surface area (TPSA) is 39.4 Å². The van der Waals surface area contributed by atoms with Gasteiger partial charge < -0.3 is 9.15 Å². The van der Waals surface area contributed by atoms with Crippen LogP contribution in [0.5, 0.6) is 0 Å². The van der Waals surface area contributed by atoms with Gasteiger partial charge in [-0.1, -0.05) is 44.9 Å². The molecule has 0 saturated heterocycles. The summed E-state index contributed by atoms with van der Waals surface area (Å²) in [6, 6.07) is 3.69. The van der Waals surface area contributed by atoms with E-state index in [1.807, 2.05) is 12.1 Å². The van der Waals surface area contributed by atoms with Crippen molar-refractivity contribution in [1.29, 1.82) is 0 Å². The molecule has 3 heteroatoms. The van der Waals surface area contributed by atoms with Crippen molar-refractivity contribution in [2.45, 2.75) is 72.8 Å². The number of furan rings is 1. The zero-order valence-electron chi connectivity index (χ0n) is 17.8. The van der Waals surface area contributed by atoms with Crippen LogP contribution in [0.25, 0.3) is 0 Å². The van der Waals surface area contributed by atoms with E-state index in [1.54, 1.807) is 11.8 Å². The molecule has 0 spiro atoms. The number of hydrogen-bond donors (Lipinski definition) is 0. The summed E-state index contributed by atoms with van der Waals surface area (Å²) in [6.07, 6.45) is 13.2. The van der Waals surface area contributed by atoms with Crippen molar-refractivity contribution in [1.82, 2.24) is 0 Å². The van der Waals surface area contributed by atoms with E-state index in [2.05, 4.69) is 39.8 Å². The number of rotatable bonds is 4. The SMILES string of the molecule is CC(C)C1=CC2=CCC3C(C)(C(=O)OCc4ccco4)CCCC3(C)C2CC1. The smallest absolute Gasteiger partial charge is 0.312 e. The molecular formula is C25H34O3. The maximum Gasteiger partial charge on any atom is 0.312 e. The lowest BCUT2D eigenvalue weighted by atomic mass is 9.47. The Morgan fingerprint density at radius 3 is 2.86 bits per heavy atom. The molecule has 1 saturated carbocycles. The van der Waals surface area contributed by atoms with Gasteiger partial charge in [0.1, 0.15) is 12.4 Å². The predicted molar refractivity (Wildman–Crippen MR) is 110 cm³/mol. The van der Waals surface area contributed by atoms with Gasteiger partial charge >= 0.3 is 5.97 Å². The van der Waals surface area contributed by atoms with E-state index in [4.69, 9.17) is 9.15 Å². The second-order valence-electron chi connectivity index (χ2n) is 9.89. The quantitative estimate of drug-likeness (QED) is 0.561. The average molecular weight is 383 g/mol. The molecular weight excluding hydrogens is 348 g/mol.